The lowest BCUT2D eigenvalue weighted by atomic mass is 9.90. The smallest absolute Gasteiger partial charge is 0.182 e. The van der Waals surface area contributed by atoms with E-state index in [2.05, 4.69) is 0 Å². The van der Waals surface area contributed by atoms with E-state index in [1.165, 1.54) is 12.1 Å². The maximum atomic E-state index is 14.6. The van der Waals surface area contributed by atoms with Gasteiger partial charge in [-0.3, -0.25) is 0 Å². The minimum Gasteiger partial charge on any atom is -0.454 e. The molecule has 92 valence electrons. The molecule has 0 aliphatic heterocycles. The van der Waals surface area contributed by atoms with Crippen LogP contribution in [0.25, 0.3) is 11.0 Å². The zero-order valence-corrected chi connectivity index (χ0v) is 9.84. The van der Waals surface area contributed by atoms with Crippen LogP contribution in [0, 0.1) is 11.7 Å². The lowest BCUT2D eigenvalue weighted by Gasteiger charge is -2.25. The van der Waals surface area contributed by atoms with Crippen molar-refractivity contribution in [1.29, 1.82) is 0 Å². The maximum Gasteiger partial charge on any atom is 0.182 e. The molecule has 0 amide bonds. The number of para-hydroxylation sites is 1. The molecule has 0 saturated heterocycles. The van der Waals surface area contributed by atoms with Crippen LogP contribution in [0.5, 0.6) is 0 Å². The molecule has 1 heterocycles. The first-order valence-corrected chi connectivity index (χ1v) is 5.56. The molecule has 0 fully saturated rings. The van der Waals surface area contributed by atoms with Crippen LogP contribution in [0.15, 0.2) is 28.7 Å². The molecular weight excluding hydrogens is 224 g/mol. The van der Waals surface area contributed by atoms with Gasteiger partial charge in [-0.2, -0.15) is 0 Å². The third-order valence-corrected chi connectivity index (χ3v) is 3.12. The van der Waals surface area contributed by atoms with Crippen molar-refractivity contribution in [3.8, 4) is 0 Å². The topological polar surface area (TPSA) is 39.2 Å². The van der Waals surface area contributed by atoms with E-state index in [1.807, 2.05) is 0 Å². The van der Waals surface area contributed by atoms with Crippen LogP contribution >= 0.6 is 0 Å². The first-order chi connectivity index (χ1) is 7.99. The normalized spacial score (nSPS) is 15.4. The predicted molar refractivity (Wildman–Crippen MR) is 62.9 cm³/mol. The zero-order chi connectivity index (χ0) is 12.6. The molecule has 0 radical (unpaired) electrons. The highest BCUT2D eigenvalue weighted by Gasteiger charge is 2.38. The van der Waals surface area contributed by atoms with Crippen molar-refractivity contribution < 1.29 is 13.2 Å². The van der Waals surface area contributed by atoms with E-state index in [1.54, 1.807) is 26.0 Å². The van der Waals surface area contributed by atoms with Crippen LogP contribution in [0.4, 0.5) is 8.78 Å². The van der Waals surface area contributed by atoms with Gasteiger partial charge in [0.25, 0.3) is 0 Å². The van der Waals surface area contributed by atoms with Gasteiger partial charge in [-0.25, -0.2) is 8.78 Å². The summed E-state index contributed by atoms with van der Waals surface area (Å²) in [5.74, 6) is -0.733. The van der Waals surface area contributed by atoms with E-state index < -0.39 is 11.5 Å². The van der Waals surface area contributed by atoms with E-state index in [9.17, 15) is 8.78 Å². The average Bonchev–Trinajstić information content (AvgIpc) is 2.73. The molecule has 2 nitrogen and oxygen atoms in total. The van der Waals surface area contributed by atoms with Crippen molar-refractivity contribution in [1.82, 2.24) is 0 Å². The molecule has 0 spiro atoms. The summed E-state index contributed by atoms with van der Waals surface area (Å²) in [7, 11) is 0. The molecule has 0 aliphatic rings. The summed E-state index contributed by atoms with van der Waals surface area (Å²) in [6.45, 7) is 3.25. The summed E-state index contributed by atoms with van der Waals surface area (Å²) < 4.78 is 33.3. The summed E-state index contributed by atoms with van der Waals surface area (Å²) in [4.78, 5) is 0. The Hall–Kier alpha value is -1.42. The number of rotatable bonds is 3. The van der Waals surface area contributed by atoms with Gasteiger partial charge in [0.15, 0.2) is 17.1 Å². The van der Waals surface area contributed by atoms with Crippen molar-refractivity contribution in [3.05, 3.63) is 35.8 Å². The molecular formula is C13H15F2NO. The Bertz CT molecular complexity index is 535. The second kappa shape index (κ2) is 4.11. The molecule has 1 atom stereocenters. The van der Waals surface area contributed by atoms with Crippen LogP contribution in [0.2, 0.25) is 0 Å². The van der Waals surface area contributed by atoms with Gasteiger partial charge in [-0.1, -0.05) is 26.0 Å². The third kappa shape index (κ3) is 1.82. The van der Waals surface area contributed by atoms with E-state index in [4.69, 9.17) is 10.2 Å². The summed E-state index contributed by atoms with van der Waals surface area (Å²) in [6, 6.07) is 6.05. The minimum atomic E-state index is -1.76. The summed E-state index contributed by atoms with van der Waals surface area (Å²) >= 11 is 0. The monoisotopic (exact) mass is 239 g/mol. The number of halogens is 2. The third-order valence-electron chi connectivity index (χ3n) is 3.12. The highest BCUT2D eigenvalue weighted by Crippen LogP contribution is 2.36. The molecule has 0 aliphatic carbocycles. The van der Waals surface area contributed by atoms with E-state index in [0.717, 1.165) is 0 Å². The highest BCUT2D eigenvalue weighted by molar-refractivity contribution is 5.78. The average molecular weight is 239 g/mol. The number of hydrogen-bond acceptors (Lipinski definition) is 2. The van der Waals surface area contributed by atoms with Gasteiger partial charge in [0.05, 0.1) is 0 Å². The lowest BCUT2D eigenvalue weighted by Crippen LogP contribution is -2.35. The first-order valence-electron chi connectivity index (χ1n) is 5.56. The number of benzene rings is 1. The Morgan fingerprint density at radius 3 is 2.65 bits per heavy atom. The second-order valence-corrected chi connectivity index (χ2v) is 4.49. The minimum absolute atomic E-state index is 0.0821. The molecule has 2 N–H and O–H groups in total. The Balaban J connectivity index is 2.60. The van der Waals surface area contributed by atoms with Gasteiger partial charge in [-0.05, 0) is 18.1 Å². The Kier molecular flexibility index (Phi) is 2.91. The largest absolute Gasteiger partial charge is 0.454 e. The number of furan rings is 1. The summed E-state index contributed by atoms with van der Waals surface area (Å²) in [5, 5.41) is 0.552. The van der Waals surface area contributed by atoms with Gasteiger partial charge in [0, 0.05) is 11.9 Å². The second-order valence-electron chi connectivity index (χ2n) is 4.49. The lowest BCUT2D eigenvalue weighted by molar-refractivity contribution is 0.0824. The molecule has 2 aromatic rings. The van der Waals surface area contributed by atoms with Crippen molar-refractivity contribution >= 4 is 11.0 Å². The summed E-state index contributed by atoms with van der Waals surface area (Å²) in [5.41, 5.74) is 3.79. The van der Waals surface area contributed by atoms with Crippen LogP contribution in [0.1, 0.15) is 19.6 Å². The van der Waals surface area contributed by atoms with Crippen LogP contribution in [-0.2, 0) is 5.67 Å². The molecule has 1 unspecified atom stereocenters. The molecule has 17 heavy (non-hydrogen) atoms. The Labute approximate surface area is 98.4 Å². The quantitative estimate of drug-likeness (QED) is 0.892. The van der Waals surface area contributed by atoms with E-state index in [-0.39, 0.29) is 23.8 Å². The number of nitrogens with two attached hydrogens (primary N) is 1. The molecule has 2 rings (SSSR count). The maximum absolute atomic E-state index is 14.6. The number of alkyl halides is 1. The number of hydrogen-bond donors (Lipinski definition) is 1. The van der Waals surface area contributed by atoms with Gasteiger partial charge < -0.3 is 10.2 Å². The van der Waals surface area contributed by atoms with E-state index in [0.29, 0.717) is 5.39 Å². The Morgan fingerprint density at radius 2 is 2.12 bits per heavy atom. The molecule has 0 saturated carbocycles. The fraction of sp³-hybridized carbons (Fsp3) is 0.385. The standard InChI is InChI=1S/C13H15F2NO/c1-8(2)13(15,7-16)11-6-9-4-3-5-10(14)12(9)17-11/h3-6,8H,7,16H2,1-2H3. The predicted octanol–water partition coefficient (Wildman–Crippen LogP) is 3.35. The van der Waals surface area contributed by atoms with Crippen LogP contribution in [-0.4, -0.2) is 6.54 Å². The van der Waals surface area contributed by atoms with E-state index >= 15 is 0 Å². The Morgan fingerprint density at radius 1 is 1.41 bits per heavy atom. The van der Waals surface area contributed by atoms with Crippen LogP contribution in [0.3, 0.4) is 0 Å². The molecule has 1 aromatic carbocycles. The highest BCUT2D eigenvalue weighted by atomic mass is 19.1. The fourth-order valence-corrected chi connectivity index (χ4v) is 1.85. The number of fused-ring (bicyclic) bond motifs is 1. The van der Waals surface area contributed by atoms with Crippen LogP contribution < -0.4 is 5.73 Å². The van der Waals surface area contributed by atoms with Gasteiger partial charge in [0.2, 0.25) is 0 Å². The summed E-state index contributed by atoms with van der Waals surface area (Å²) in [6.07, 6.45) is 0. The van der Waals surface area contributed by atoms with Crippen molar-refractivity contribution in [2.24, 2.45) is 11.7 Å². The van der Waals surface area contributed by atoms with Gasteiger partial charge in [-0.15, -0.1) is 0 Å². The molecule has 0 bridgehead atoms. The molecule has 1 aromatic heterocycles. The van der Waals surface area contributed by atoms with Crippen molar-refractivity contribution in [2.75, 3.05) is 6.54 Å². The van der Waals surface area contributed by atoms with Gasteiger partial charge >= 0.3 is 0 Å². The zero-order valence-electron chi connectivity index (χ0n) is 9.84. The first kappa shape index (κ1) is 12.0. The van der Waals surface area contributed by atoms with Crippen molar-refractivity contribution in [2.45, 2.75) is 19.5 Å². The molecule has 4 heteroatoms. The SMILES string of the molecule is CC(C)C(F)(CN)c1cc2cccc(F)c2o1. The van der Waals surface area contributed by atoms with Gasteiger partial charge in [0.1, 0.15) is 5.76 Å². The fourth-order valence-electron chi connectivity index (χ4n) is 1.85. The van der Waals surface area contributed by atoms with Crippen molar-refractivity contribution in [3.63, 3.8) is 0 Å².